The molecule has 0 aliphatic carbocycles. The molecule has 0 atom stereocenters. The fourth-order valence-electron chi connectivity index (χ4n) is 4.11. The number of unbranched alkanes of at least 4 members (excludes halogenated alkanes) is 11. The number of rotatable bonds is 18. The number of benzene rings is 2. The van der Waals surface area contributed by atoms with E-state index in [2.05, 4.69) is 22.9 Å². The lowest BCUT2D eigenvalue weighted by Crippen LogP contribution is -2.02. The third-order valence-electron chi connectivity index (χ3n) is 5.97. The molecule has 9 heteroatoms. The maximum Gasteiger partial charge on any atom is 0.524 e. The molecule has 0 saturated heterocycles. The van der Waals surface area contributed by atoms with Crippen LogP contribution in [-0.4, -0.2) is 16.4 Å². The highest BCUT2D eigenvalue weighted by Crippen LogP contribution is 2.50. The third kappa shape index (κ3) is 11.3. The molecule has 202 valence electrons. The fraction of sp³-hybridized carbons (Fsp3) is 0.556. The molecule has 0 radical (unpaired) electrons. The maximum absolute atomic E-state index is 11.4. The minimum Gasteiger partial charge on any atom is -0.491 e. The summed E-state index contributed by atoms with van der Waals surface area (Å²) in [6, 6.07) is 8.89. The molecule has 0 bridgehead atoms. The van der Waals surface area contributed by atoms with Crippen molar-refractivity contribution in [2.75, 3.05) is 6.61 Å². The molecule has 2 aromatic rings. The lowest BCUT2D eigenvalue weighted by Gasteiger charge is -2.19. The Morgan fingerprint density at radius 2 is 1.47 bits per heavy atom. The highest BCUT2D eigenvalue weighted by Gasteiger charge is 2.25. The van der Waals surface area contributed by atoms with Crippen LogP contribution in [0.15, 0.2) is 30.3 Å². The van der Waals surface area contributed by atoms with Crippen LogP contribution in [0, 0.1) is 0 Å². The summed E-state index contributed by atoms with van der Waals surface area (Å²) in [7, 11) is -4.82. The van der Waals surface area contributed by atoms with E-state index in [1.807, 2.05) is 24.3 Å². The van der Waals surface area contributed by atoms with Crippen LogP contribution < -0.4 is 9.26 Å². The first-order chi connectivity index (χ1) is 17.3. The van der Waals surface area contributed by atoms with Crippen LogP contribution in [0.2, 0.25) is 10.0 Å². The zero-order chi connectivity index (χ0) is 26.4. The SMILES string of the molecule is CCCCCCCCCCCCCCOc1c(Cl)cc(OP(=O)(O)O)c(Cl)c1-c1cccc(CBr)c1. The largest absolute Gasteiger partial charge is 0.524 e. The van der Waals surface area contributed by atoms with Gasteiger partial charge in [-0.25, -0.2) is 4.57 Å². The highest BCUT2D eigenvalue weighted by molar-refractivity contribution is 9.08. The van der Waals surface area contributed by atoms with E-state index in [0.29, 0.717) is 23.2 Å². The number of alkyl halides is 1. The van der Waals surface area contributed by atoms with E-state index in [-0.39, 0.29) is 15.8 Å². The lowest BCUT2D eigenvalue weighted by atomic mass is 10.0. The van der Waals surface area contributed by atoms with Crippen LogP contribution >= 0.6 is 47.0 Å². The summed E-state index contributed by atoms with van der Waals surface area (Å²) in [6.07, 6.45) is 15.0. The Morgan fingerprint density at radius 1 is 0.889 bits per heavy atom. The number of phosphoric ester groups is 1. The second-order valence-electron chi connectivity index (χ2n) is 9.03. The quantitative estimate of drug-likeness (QED) is 0.0981. The lowest BCUT2D eigenvalue weighted by molar-refractivity contribution is 0.282. The molecule has 2 N–H and O–H groups in total. The standard InChI is InChI=1S/C27H38BrCl2O5P/c1-2-3-4-5-6-7-8-9-10-11-12-13-17-34-27-23(29)19-24(35-36(31,32)33)26(30)25(27)22-16-14-15-21(18-22)20-28/h14-16,18-19H,2-13,17,20H2,1H3,(H2,31,32,33). The van der Waals surface area contributed by atoms with Gasteiger partial charge in [0.25, 0.3) is 0 Å². The molecular formula is C27H38BrCl2O5P. The van der Waals surface area contributed by atoms with Gasteiger partial charge in [0, 0.05) is 17.0 Å². The molecule has 5 nitrogen and oxygen atoms in total. The van der Waals surface area contributed by atoms with Crippen LogP contribution in [0.25, 0.3) is 11.1 Å². The highest BCUT2D eigenvalue weighted by atomic mass is 79.9. The normalized spacial score (nSPS) is 11.6. The van der Waals surface area contributed by atoms with E-state index in [4.69, 9.17) is 32.5 Å². The average molecular weight is 624 g/mol. The summed E-state index contributed by atoms with van der Waals surface area (Å²) in [5.74, 6) is 0.196. The van der Waals surface area contributed by atoms with Gasteiger partial charge in [-0.15, -0.1) is 0 Å². The van der Waals surface area contributed by atoms with Gasteiger partial charge in [0.1, 0.15) is 5.75 Å². The molecule has 36 heavy (non-hydrogen) atoms. The second kappa shape index (κ2) is 17.0. The summed E-state index contributed by atoms with van der Waals surface area (Å²) in [6.45, 7) is 2.72. The van der Waals surface area contributed by atoms with E-state index < -0.39 is 7.82 Å². The van der Waals surface area contributed by atoms with E-state index in [1.165, 1.54) is 70.3 Å². The van der Waals surface area contributed by atoms with Crippen LogP contribution in [0.5, 0.6) is 11.5 Å². The smallest absolute Gasteiger partial charge is 0.491 e. The molecule has 0 heterocycles. The minimum atomic E-state index is -4.82. The van der Waals surface area contributed by atoms with Crippen LogP contribution in [0.1, 0.15) is 89.5 Å². The molecule has 0 aromatic heterocycles. The number of phosphoric acid groups is 1. The molecule has 0 amide bonds. The van der Waals surface area contributed by atoms with Crippen molar-refractivity contribution in [2.24, 2.45) is 0 Å². The van der Waals surface area contributed by atoms with Crippen molar-refractivity contribution in [1.29, 1.82) is 0 Å². The number of ether oxygens (including phenoxy) is 1. The van der Waals surface area contributed by atoms with E-state index in [0.717, 1.165) is 24.0 Å². The number of hydrogen-bond acceptors (Lipinski definition) is 3. The van der Waals surface area contributed by atoms with Crippen molar-refractivity contribution in [3.63, 3.8) is 0 Å². The molecule has 0 fully saturated rings. The summed E-state index contributed by atoms with van der Waals surface area (Å²) in [5.41, 5.74) is 2.18. The Hall–Kier alpha value is -0.750. The molecule has 0 unspecified atom stereocenters. The molecule has 0 saturated carbocycles. The number of halogens is 3. The van der Waals surface area contributed by atoms with Gasteiger partial charge in [0.05, 0.1) is 16.7 Å². The van der Waals surface area contributed by atoms with Gasteiger partial charge in [0.2, 0.25) is 0 Å². The Balaban J connectivity index is 1.95. The average Bonchev–Trinajstić information content (AvgIpc) is 2.84. The van der Waals surface area contributed by atoms with Gasteiger partial charge >= 0.3 is 7.82 Å². The minimum absolute atomic E-state index is 0.0409. The zero-order valence-electron chi connectivity index (χ0n) is 21.0. The molecule has 2 rings (SSSR count). The van der Waals surface area contributed by atoms with Gasteiger partial charge in [0.15, 0.2) is 5.75 Å². The third-order valence-corrected chi connectivity index (χ3v) is 7.71. The molecular weight excluding hydrogens is 586 g/mol. The molecule has 0 aliphatic rings. The van der Waals surface area contributed by atoms with Gasteiger partial charge in [-0.05, 0) is 17.5 Å². The van der Waals surface area contributed by atoms with Crippen molar-refractivity contribution >= 4 is 47.0 Å². The summed E-state index contributed by atoms with van der Waals surface area (Å²) < 4.78 is 22.3. The van der Waals surface area contributed by atoms with Crippen LogP contribution in [0.3, 0.4) is 0 Å². The van der Waals surface area contributed by atoms with Gasteiger partial charge in [-0.1, -0.05) is 141 Å². The Labute approximate surface area is 234 Å². The molecule has 2 aromatic carbocycles. The van der Waals surface area contributed by atoms with E-state index >= 15 is 0 Å². The Kier molecular flexibility index (Phi) is 14.8. The molecule has 0 aliphatic heterocycles. The summed E-state index contributed by atoms with van der Waals surface area (Å²) in [4.78, 5) is 18.6. The first-order valence-electron chi connectivity index (χ1n) is 12.8. The predicted molar refractivity (Wildman–Crippen MR) is 154 cm³/mol. The van der Waals surface area contributed by atoms with Crippen molar-refractivity contribution in [3.05, 3.63) is 45.9 Å². The Morgan fingerprint density at radius 3 is 2.03 bits per heavy atom. The monoisotopic (exact) mass is 622 g/mol. The van der Waals surface area contributed by atoms with Gasteiger partial charge in [-0.2, -0.15) is 0 Å². The van der Waals surface area contributed by atoms with Crippen molar-refractivity contribution in [1.82, 2.24) is 0 Å². The van der Waals surface area contributed by atoms with Crippen molar-refractivity contribution in [2.45, 2.75) is 89.3 Å². The van der Waals surface area contributed by atoms with Crippen molar-refractivity contribution < 1.29 is 23.6 Å². The van der Waals surface area contributed by atoms with Gasteiger partial charge in [-0.3, -0.25) is 9.79 Å². The topological polar surface area (TPSA) is 76.0 Å². The zero-order valence-corrected chi connectivity index (χ0v) is 25.0. The van der Waals surface area contributed by atoms with E-state index in [9.17, 15) is 14.4 Å². The maximum atomic E-state index is 11.4. The predicted octanol–water partition coefficient (Wildman–Crippen LogP) is 10.1. The van der Waals surface area contributed by atoms with Crippen LogP contribution in [-0.2, 0) is 9.90 Å². The van der Waals surface area contributed by atoms with Crippen LogP contribution in [0.4, 0.5) is 0 Å². The van der Waals surface area contributed by atoms with Crippen molar-refractivity contribution in [3.8, 4) is 22.6 Å². The first-order valence-corrected chi connectivity index (χ1v) is 16.2. The summed E-state index contributed by atoms with van der Waals surface area (Å²) in [5, 5.41) is 0.861. The van der Waals surface area contributed by atoms with E-state index in [1.54, 1.807) is 0 Å². The molecule has 0 spiro atoms. The Bertz CT molecular complexity index is 983. The van der Waals surface area contributed by atoms with Gasteiger partial charge < -0.3 is 9.26 Å². The first kappa shape index (κ1) is 31.5. The second-order valence-corrected chi connectivity index (χ2v) is 11.5. The number of hydrogen-bond donors (Lipinski definition) is 2. The summed E-state index contributed by atoms with van der Waals surface area (Å²) >= 11 is 16.5. The fourth-order valence-corrected chi connectivity index (χ4v) is 5.45.